The maximum atomic E-state index is 12.4. The van der Waals surface area contributed by atoms with Crippen LogP contribution in [-0.2, 0) is 130 Å². The molecule has 2 aliphatic heterocycles. The second-order valence-electron chi connectivity index (χ2n) is 25.3. The van der Waals surface area contributed by atoms with E-state index in [-0.39, 0.29) is 11.3 Å². The predicted octanol–water partition coefficient (Wildman–Crippen LogP) is 7.05. The van der Waals surface area contributed by atoms with Gasteiger partial charge in [-0.05, 0) is 76.8 Å². The van der Waals surface area contributed by atoms with Crippen LogP contribution in [0.2, 0.25) is 0 Å². The average molecular weight is 1550 g/mol. The number of fused-ring (bicyclic) bond motifs is 2. The number of unbranched alkanes of at least 4 members (excludes halogenated alkanes) is 2. The molecular formula is C77H129N2O27S+. The first-order valence-corrected chi connectivity index (χ1v) is 39.1. The molecule has 29 nitrogen and oxygen atoms in total. The van der Waals surface area contributed by atoms with Gasteiger partial charge in [0.05, 0.1) is 275 Å². The SMILES string of the molecule is COCCOCCOCCOCCOCCOCCOCCOCCOCCOCCOCC[N+]1=C(C=CC=CC=C2N(CCCCCC(=O)O)c3ccc(C)cc3C2(C)CCOCCOCCOCCOCCOCCOCCOCCOCCOCCOCCOC)C(C)(C)c2cc(S(=O)(=O)O)ccc21. The zero-order valence-electron chi connectivity index (χ0n) is 64.9. The van der Waals surface area contributed by atoms with E-state index >= 15 is 0 Å². The molecule has 0 aliphatic carbocycles. The van der Waals surface area contributed by atoms with Crippen LogP contribution in [0.15, 0.2) is 77.4 Å². The van der Waals surface area contributed by atoms with Crippen LogP contribution in [0.25, 0.3) is 0 Å². The van der Waals surface area contributed by atoms with E-state index in [2.05, 4.69) is 47.6 Å². The van der Waals surface area contributed by atoms with Crippen LogP contribution in [-0.4, -0.2) is 339 Å². The molecule has 2 heterocycles. The van der Waals surface area contributed by atoms with E-state index in [1.54, 1.807) is 26.4 Å². The highest BCUT2D eigenvalue weighted by molar-refractivity contribution is 7.85. The Morgan fingerprint density at radius 1 is 0.430 bits per heavy atom. The van der Waals surface area contributed by atoms with E-state index in [1.807, 2.05) is 38.2 Å². The fourth-order valence-corrected chi connectivity index (χ4v) is 11.7. The highest BCUT2D eigenvalue weighted by Gasteiger charge is 2.45. The minimum Gasteiger partial charge on any atom is -0.481 e. The van der Waals surface area contributed by atoms with E-state index in [0.29, 0.717) is 303 Å². The lowest BCUT2D eigenvalue weighted by Gasteiger charge is -2.30. The molecule has 1 atom stereocenters. The molecule has 0 saturated heterocycles. The van der Waals surface area contributed by atoms with Crippen LogP contribution in [0.5, 0.6) is 0 Å². The molecule has 614 valence electrons. The molecule has 0 spiro atoms. The number of allylic oxidation sites excluding steroid dienone is 6. The molecule has 107 heavy (non-hydrogen) atoms. The summed E-state index contributed by atoms with van der Waals surface area (Å²) in [6.45, 7) is 29.3. The second-order valence-corrected chi connectivity index (χ2v) is 26.7. The summed E-state index contributed by atoms with van der Waals surface area (Å²) in [5, 5.41) is 9.36. The molecule has 2 aromatic rings. The molecule has 0 saturated carbocycles. The number of anilines is 1. The van der Waals surface area contributed by atoms with Crippen molar-refractivity contribution in [2.45, 2.75) is 75.5 Å². The summed E-state index contributed by atoms with van der Waals surface area (Å²) in [5.41, 5.74) is 5.99. The molecule has 1 unspecified atom stereocenters. The molecule has 2 N–H and O–H groups in total. The van der Waals surface area contributed by atoms with Crippen molar-refractivity contribution in [2.24, 2.45) is 0 Å². The van der Waals surface area contributed by atoms with E-state index in [0.717, 1.165) is 46.8 Å². The number of aryl methyl sites for hydroxylation is 1. The van der Waals surface area contributed by atoms with E-state index in [1.165, 1.54) is 11.6 Å². The number of nitrogens with zero attached hydrogens (tertiary/aromatic N) is 2. The quantitative estimate of drug-likeness (QED) is 0.0290. The standard InChI is InChI=1S/C77H128N2O27S/c1-67-16-18-72-70(65-67)77(4,20-23-87-29-31-91-37-39-95-45-47-99-53-55-103-61-63-105-59-57-101-51-49-97-43-41-93-35-33-89-27-25-85-5)74(78(72)21-12-8-11-15-75(80)81)14-10-7-9-13-73-76(2,3)69-66-68(107(82,83)84)17-19-71(69)79(73)22-24-88-30-32-92-38-40-96-46-48-100-54-56-104-62-64-106-60-58-102-52-50-98-44-42-94-36-34-90-28-26-86-6/h7,9-10,13-14,16-19,65-66H,8,11-12,15,20-64H2,1-6H3,(H-,80,81,82,83,84)/p+1. The first-order valence-electron chi connectivity index (χ1n) is 37.7. The maximum Gasteiger partial charge on any atom is 0.303 e. The van der Waals surface area contributed by atoms with Gasteiger partial charge in [0, 0.05) is 68.3 Å². The van der Waals surface area contributed by atoms with Crippen LogP contribution < -0.4 is 4.90 Å². The number of hydrogen-bond acceptors (Lipinski definition) is 26. The number of carbonyl (C=O) groups is 1. The van der Waals surface area contributed by atoms with Gasteiger partial charge in [-0.15, -0.1) is 0 Å². The molecule has 0 aromatic heterocycles. The van der Waals surface area contributed by atoms with Crippen LogP contribution in [0.3, 0.4) is 0 Å². The smallest absolute Gasteiger partial charge is 0.303 e. The van der Waals surface area contributed by atoms with Gasteiger partial charge in [0.25, 0.3) is 10.1 Å². The number of hydrogen-bond donors (Lipinski definition) is 2. The van der Waals surface area contributed by atoms with E-state index in [9.17, 15) is 22.9 Å². The second kappa shape index (κ2) is 62.2. The summed E-state index contributed by atoms with van der Waals surface area (Å²) in [6, 6.07) is 11.3. The van der Waals surface area contributed by atoms with Gasteiger partial charge >= 0.3 is 5.97 Å². The topological polar surface area (TPSA) is 301 Å². The zero-order chi connectivity index (χ0) is 76.8. The number of rotatable bonds is 76. The van der Waals surface area contributed by atoms with Crippen LogP contribution >= 0.6 is 0 Å². The third-order valence-electron chi connectivity index (χ3n) is 16.8. The van der Waals surface area contributed by atoms with Crippen molar-refractivity contribution in [1.82, 2.24) is 0 Å². The lowest BCUT2D eigenvalue weighted by atomic mass is 9.78. The molecule has 2 aromatic carbocycles. The summed E-state index contributed by atoms with van der Waals surface area (Å²) in [5.74, 6) is -0.796. The number of methoxy groups -OCH3 is 2. The Kier molecular flexibility index (Phi) is 55.2. The first kappa shape index (κ1) is 95.0. The summed E-state index contributed by atoms with van der Waals surface area (Å²) in [7, 11) is -1.19. The number of benzene rings is 2. The summed E-state index contributed by atoms with van der Waals surface area (Å²) in [4.78, 5) is 13.6. The third kappa shape index (κ3) is 43.3. The molecule has 4 rings (SSSR count). The van der Waals surface area contributed by atoms with Gasteiger partial charge in [0.15, 0.2) is 12.3 Å². The number of aliphatic carboxylic acids is 1. The fraction of sp³-hybridized carbons (Fsp3) is 0.740. The Bertz CT molecular complexity index is 2810. The Hall–Kier alpha value is -4.37. The van der Waals surface area contributed by atoms with Gasteiger partial charge in [-0.3, -0.25) is 9.35 Å². The Labute approximate surface area is 636 Å². The van der Waals surface area contributed by atoms with E-state index < -0.39 is 26.9 Å². The average Bonchev–Trinajstić information content (AvgIpc) is 1.60. The summed E-state index contributed by atoms with van der Waals surface area (Å²) >= 11 is 0. The molecule has 0 bridgehead atoms. The lowest BCUT2D eigenvalue weighted by molar-refractivity contribution is -0.442. The Balaban J connectivity index is 1.13. The lowest BCUT2D eigenvalue weighted by Crippen LogP contribution is -2.30. The Morgan fingerprint density at radius 2 is 0.785 bits per heavy atom. The minimum atomic E-state index is -4.46. The van der Waals surface area contributed by atoms with Crippen molar-refractivity contribution >= 4 is 33.2 Å². The van der Waals surface area contributed by atoms with Gasteiger partial charge in [-0.25, -0.2) is 0 Å². The maximum absolute atomic E-state index is 12.4. The van der Waals surface area contributed by atoms with Crippen molar-refractivity contribution in [1.29, 1.82) is 0 Å². The molecular weight excluding hydrogens is 1420 g/mol. The monoisotopic (exact) mass is 1550 g/mol. The zero-order valence-corrected chi connectivity index (χ0v) is 65.7. The van der Waals surface area contributed by atoms with Crippen molar-refractivity contribution in [3.63, 3.8) is 0 Å². The van der Waals surface area contributed by atoms with Crippen molar-refractivity contribution in [2.75, 3.05) is 310 Å². The van der Waals surface area contributed by atoms with Crippen LogP contribution in [0, 0.1) is 6.92 Å². The molecule has 0 amide bonds. The van der Waals surface area contributed by atoms with Crippen molar-refractivity contribution in [3.05, 3.63) is 89.2 Å². The van der Waals surface area contributed by atoms with Gasteiger partial charge in [-0.1, -0.05) is 42.3 Å². The van der Waals surface area contributed by atoms with E-state index in [4.69, 9.17) is 104 Å². The Morgan fingerprint density at radius 3 is 1.14 bits per heavy atom. The largest absolute Gasteiger partial charge is 0.481 e. The third-order valence-corrected chi connectivity index (χ3v) is 17.7. The van der Waals surface area contributed by atoms with Gasteiger partial charge < -0.3 is 114 Å². The number of carboxylic acid groups (broad SMARTS) is 1. The van der Waals surface area contributed by atoms with Gasteiger partial charge in [-0.2, -0.15) is 13.0 Å². The highest BCUT2D eigenvalue weighted by Crippen LogP contribution is 2.50. The van der Waals surface area contributed by atoms with Crippen LogP contribution in [0.1, 0.15) is 69.6 Å². The number of carboxylic acids is 1. The highest BCUT2D eigenvalue weighted by atomic mass is 32.2. The number of ether oxygens (including phenoxy) is 22. The minimum absolute atomic E-state index is 0.130. The molecule has 30 heteroatoms. The first-order chi connectivity index (χ1) is 52.3. The molecule has 2 aliphatic rings. The van der Waals surface area contributed by atoms with Crippen LogP contribution in [0.4, 0.5) is 11.4 Å². The molecule has 0 fully saturated rings. The summed E-state index contributed by atoms with van der Waals surface area (Å²) in [6.07, 6.45) is 13.2. The predicted molar refractivity (Wildman–Crippen MR) is 402 cm³/mol. The van der Waals surface area contributed by atoms with Crippen molar-refractivity contribution in [3.8, 4) is 0 Å². The fourth-order valence-electron chi connectivity index (χ4n) is 11.2. The van der Waals surface area contributed by atoms with Crippen molar-refractivity contribution < 1.29 is 132 Å². The van der Waals surface area contributed by atoms with Gasteiger partial charge in [0.1, 0.15) is 6.61 Å². The summed E-state index contributed by atoms with van der Waals surface area (Å²) < 4.78 is 159. The normalized spacial score (nSPS) is 15.4. The molecule has 0 radical (unpaired) electrons. The van der Waals surface area contributed by atoms with Gasteiger partial charge in [0.2, 0.25) is 5.69 Å².